The average Bonchev–Trinajstić information content (AvgIpc) is 2.77. The van der Waals surface area contributed by atoms with Gasteiger partial charge in [-0.05, 0) is 12.5 Å². The van der Waals surface area contributed by atoms with Crippen molar-refractivity contribution in [2.45, 2.75) is 31.7 Å². The summed E-state index contributed by atoms with van der Waals surface area (Å²) < 4.78 is 7.07. The third kappa shape index (κ3) is 2.53. The third-order valence-corrected chi connectivity index (χ3v) is 3.05. The van der Waals surface area contributed by atoms with E-state index in [-0.39, 0.29) is 12.6 Å². The molecule has 102 valence electrons. The number of rotatable bonds is 3. The molecule has 1 aliphatic heterocycles. The molecule has 0 aliphatic carbocycles. The van der Waals surface area contributed by atoms with Crippen LogP contribution in [0.4, 0.5) is 5.95 Å². The Morgan fingerprint density at radius 1 is 1.79 bits per heavy atom. The second-order valence-electron chi connectivity index (χ2n) is 4.31. The molecule has 1 aromatic heterocycles. The number of anilines is 1. The molecule has 0 unspecified atom stereocenters. The van der Waals surface area contributed by atoms with Crippen LogP contribution in [0.5, 0.6) is 0 Å². The van der Waals surface area contributed by atoms with Gasteiger partial charge in [0.1, 0.15) is 6.23 Å². The molecule has 9 nitrogen and oxygen atoms in total. The van der Waals surface area contributed by atoms with E-state index in [9.17, 15) is 9.90 Å². The summed E-state index contributed by atoms with van der Waals surface area (Å²) in [4.78, 5) is 17.7. The molecule has 2 heterocycles. The van der Waals surface area contributed by atoms with Crippen molar-refractivity contribution in [1.82, 2.24) is 9.55 Å². The topological polar surface area (TPSA) is 139 Å². The minimum absolute atomic E-state index is 0.0267. The molecule has 1 aromatic rings. The number of azide groups is 1. The Morgan fingerprint density at radius 2 is 2.53 bits per heavy atom. The lowest BCUT2D eigenvalue weighted by Crippen LogP contribution is -2.24. The van der Waals surface area contributed by atoms with Gasteiger partial charge in [0.25, 0.3) is 5.56 Å². The predicted molar refractivity (Wildman–Crippen MR) is 66.2 cm³/mol. The van der Waals surface area contributed by atoms with Gasteiger partial charge in [0, 0.05) is 23.1 Å². The van der Waals surface area contributed by atoms with Crippen LogP contribution < -0.4 is 11.3 Å². The molecule has 2 rings (SSSR count). The van der Waals surface area contributed by atoms with Crippen LogP contribution >= 0.6 is 0 Å². The Bertz CT molecular complexity index is 579. The quantitative estimate of drug-likeness (QED) is 0.453. The zero-order chi connectivity index (χ0) is 14.0. The van der Waals surface area contributed by atoms with E-state index in [1.54, 1.807) is 13.1 Å². The summed E-state index contributed by atoms with van der Waals surface area (Å²) >= 11 is 0. The highest BCUT2D eigenvalue weighted by Crippen LogP contribution is 2.31. The molecule has 1 aliphatic rings. The van der Waals surface area contributed by atoms with E-state index < -0.39 is 23.9 Å². The molecule has 1 saturated heterocycles. The Morgan fingerprint density at radius 3 is 3.16 bits per heavy atom. The van der Waals surface area contributed by atoms with Crippen LogP contribution in [-0.4, -0.2) is 33.4 Å². The van der Waals surface area contributed by atoms with Crippen molar-refractivity contribution in [1.29, 1.82) is 0 Å². The standard InChI is InChI=1S/C10H14N6O3/c1-5-3-16(10(11)13-9(5)18)8-2-6(14-15-12)7(4-17)19-8/h3,6-8,17H,2,4H2,1H3,(H2,11,13,18)/t6-,7+,8+/m0/s1. The maximum Gasteiger partial charge on any atom is 0.277 e. The van der Waals surface area contributed by atoms with Gasteiger partial charge in [0.2, 0.25) is 5.95 Å². The number of nitrogens with two attached hydrogens (primary N) is 1. The molecular formula is C10H14N6O3. The van der Waals surface area contributed by atoms with Gasteiger partial charge in [-0.15, -0.1) is 0 Å². The summed E-state index contributed by atoms with van der Waals surface area (Å²) in [5.74, 6) is 0.0267. The number of ether oxygens (including phenoxy) is 1. The number of aliphatic hydroxyl groups is 1. The Balaban J connectivity index is 2.31. The fourth-order valence-electron chi connectivity index (χ4n) is 2.05. The smallest absolute Gasteiger partial charge is 0.277 e. The van der Waals surface area contributed by atoms with E-state index in [0.29, 0.717) is 12.0 Å². The maximum atomic E-state index is 11.3. The van der Waals surface area contributed by atoms with Gasteiger partial charge in [-0.1, -0.05) is 5.11 Å². The van der Waals surface area contributed by atoms with Crippen LogP contribution in [0.15, 0.2) is 16.1 Å². The van der Waals surface area contributed by atoms with Crippen molar-refractivity contribution >= 4 is 5.95 Å². The van der Waals surface area contributed by atoms with Crippen LogP contribution in [0.3, 0.4) is 0 Å². The van der Waals surface area contributed by atoms with Gasteiger partial charge in [-0.25, -0.2) is 0 Å². The number of nitrogens with zero attached hydrogens (tertiary/aromatic N) is 5. The first-order chi connectivity index (χ1) is 9.06. The summed E-state index contributed by atoms with van der Waals surface area (Å²) in [6.45, 7) is 1.36. The van der Waals surface area contributed by atoms with Gasteiger partial charge in [0.15, 0.2) is 0 Å². The second-order valence-corrected chi connectivity index (χ2v) is 4.31. The Labute approximate surface area is 108 Å². The van der Waals surface area contributed by atoms with Crippen LogP contribution in [0.25, 0.3) is 10.4 Å². The van der Waals surface area contributed by atoms with Gasteiger partial charge in [-0.3, -0.25) is 9.36 Å². The van der Waals surface area contributed by atoms with Crippen molar-refractivity contribution < 1.29 is 9.84 Å². The molecule has 0 bridgehead atoms. The molecule has 1 fully saturated rings. The number of aryl methyl sites for hydroxylation is 1. The molecule has 3 N–H and O–H groups in total. The van der Waals surface area contributed by atoms with Crippen molar-refractivity contribution in [2.75, 3.05) is 12.3 Å². The lowest BCUT2D eigenvalue weighted by atomic mass is 10.1. The second kappa shape index (κ2) is 5.27. The molecule has 0 aromatic carbocycles. The fraction of sp³-hybridized carbons (Fsp3) is 0.600. The fourth-order valence-corrected chi connectivity index (χ4v) is 2.05. The van der Waals surface area contributed by atoms with Crippen LogP contribution in [0.1, 0.15) is 18.2 Å². The van der Waals surface area contributed by atoms with Crippen molar-refractivity contribution in [3.63, 3.8) is 0 Å². The summed E-state index contributed by atoms with van der Waals surface area (Å²) in [7, 11) is 0. The van der Waals surface area contributed by atoms with E-state index in [4.69, 9.17) is 16.0 Å². The van der Waals surface area contributed by atoms with Crippen LogP contribution in [-0.2, 0) is 4.74 Å². The summed E-state index contributed by atoms with van der Waals surface area (Å²) in [5.41, 5.74) is 14.2. The van der Waals surface area contributed by atoms with Crippen LogP contribution in [0, 0.1) is 6.92 Å². The number of hydrogen-bond acceptors (Lipinski definition) is 6. The first-order valence-electron chi connectivity index (χ1n) is 5.72. The molecular weight excluding hydrogens is 252 g/mol. The summed E-state index contributed by atoms with van der Waals surface area (Å²) in [6.07, 6.45) is 0.811. The highest BCUT2D eigenvalue weighted by atomic mass is 16.5. The maximum absolute atomic E-state index is 11.3. The van der Waals surface area contributed by atoms with E-state index in [1.807, 2.05) is 0 Å². The van der Waals surface area contributed by atoms with Gasteiger partial charge >= 0.3 is 0 Å². The van der Waals surface area contributed by atoms with E-state index in [1.165, 1.54) is 4.57 Å². The summed E-state index contributed by atoms with van der Waals surface area (Å²) in [5, 5.41) is 12.8. The van der Waals surface area contributed by atoms with E-state index >= 15 is 0 Å². The van der Waals surface area contributed by atoms with E-state index in [2.05, 4.69) is 15.0 Å². The SMILES string of the molecule is Cc1cn([C@H]2C[C@H](N=[N+]=[N-])[C@@H](CO)O2)c(N)nc1=O. The monoisotopic (exact) mass is 266 g/mol. The van der Waals surface area contributed by atoms with Gasteiger partial charge < -0.3 is 15.6 Å². The van der Waals surface area contributed by atoms with Crippen LogP contribution in [0.2, 0.25) is 0 Å². The zero-order valence-electron chi connectivity index (χ0n) is 10.3. The summed E-state index contributed by atoms with van der Waals surface area (Å²) in [6, 6.07) is -0.473. The molecule has 0 saturated carbocycles. The first kappa shape index (κ1) is 13.3. The first-order valence-corrected chi connectivity index (χ1v) is 5.72. The number of aromatic nitrogens is 2. The van der Waals surface area contributed by atoms with Gasteiger partial charge in [0.05, 0.1) is 18.8 Å². The predicted octanol–water partition coefficient (Wildman–Crippen LogP) is 0.0926. The zero-order valence-corrected chi connectivity index (χ0v) is 10.3. The number of nitrogen functional groups attached to an aromatic ring is 1. The minimum Gasteiger partial charge on any atom is -0.394 e. The lowest BCUT2D eigenvalue weighted by molar-refractivity contribution is -0.0245. The molecule has 9 heteroatoms. The number of aliphatic hydroxyl groups excluding tert-OH is 1. The largest absolute Gasteiger partial charge is 0.394 e. The molecule has 0 spiro atoms. The lowest BCUT2D eigenvalue weighted by Gasteiger charge is -2.17. The van der Waals surface area contributed by atoms with Crippen molar-refractivity contribution in [2.24, 2.45) is 5.11 Å². The molecule has 3 atom stereocenters. The highest BCUT2D eigenvalue weighted by Gasteiger charge is 2.35. The van der Waals surface area contributed by atoms with Crippen molar-refractivity contribution in [3.8, 4) is 0 Å². The molecule has 0 radical (unpaired) electrons. The van der Waals surface area contributed by atoms with E-state index in [0.717, 1.165) is 0 Å². The van der Waals surface area contributed by atoms with Crippen molar-refractivity contribution in [3.05, 3.63) is 32.6 Å². The molecule has 19 heavy (non-hydrogen) atoms. The Kier molecular flexibility index (Phi) is 3.70. The van der Waals surface area contributed by atoms with Gasteiger partial charge in [-0.2, -0.15) is 4.98 Å². The normalized spacial score (nSPS) is 26.1. The highest BCUT2D eigenvalue weighted by molar-refractivity contribution is 5.21. The Hall–Kier alpha value is -2.09. The third-order valence-electron chi connectivity index (χ3n) is 3.05. The molecule has 0 amide bonds. The minimum atomic E-state index is -0.583. The number of hydrogen-bond donors (Lipinski definition) is 2. The average molecular weight is 266 g/mol.